The Morgan fingerprint density at radius 3 is 2.73 bits per heavy atom. The van der Waals surface area contributed by atoms with Gasteiger partial charge in [0, 0.05) is 16.9 Å². The molecule has 2 aromatic heterocycles. The van der Waals surface area contributed by atoms with Gasteiger partial charge in [-0.05, 0) is 31.6 Å². The summed E-state index contributed by atoms with van der Waals surface area (Å²) in [6, 6.07) is 0. The van der Waals surface area contributed by atoms with Crippen molar-refractivity contribution in [3.63, 3.8) is 0 Å². The molecule has 0 aliphatic heterocycles. The van der Waals surface area contributed by atoms with Gasteiger partial charge < -0.3 is 5.11 Å². The average molecular weight is 354 g/mol. The van der Waals surface area contributed by atoms with Crippen molar-refractivity contribution < 1.29 is 9.90 Å². The van der Waals surface area contributed by atoms with Gasteiger partial charge in [0.2, 0.25) is 0 Å². The molecular weight excluding hydrogens is 334 g/mol. The average Bonchev–Trinajstić information content (AvgIpc) is 3.12. The van der Waals surface area contributed by atoms with E-state index in [1.54, 1.807) is 23.1 Å². The van der Waals surface area contributed by atoms with Gasteiger partial charge in [-0.15, -0.1) is 34.4 Å². The van der Waals surface area contributed by atoms with E-state index in [0.717, 1.165) is 20.3 Å². The van der Waals surface area contributed by atoms with Crippen LogP contribution in [0.5, 0.6) is 0 Å². The first kappa shape index (κ1) is 16.0. The van der Waals surface area contributed by atoms with E-state index in [2.05, 4.69) is 5.38 Å². The molecule has 2 aromatic rings. The van der Waals surface area contributed by atoms with Crippen molar-refractivity contribution >= 4 is 40.4 Å². The molecule has 6 heteroatoms. The summed E-state index contributed by atoms with van der Waals surface area (Å²) in [5, 5.41) is 12.5. The van der Waals surface area contributed by atoms with Crippen molar-refractivity contribution in [2.24, 2.45) is 0 Å². The molecule has 3 rings (SSSR count). The molecule has 0 unspecified atom stereocenters. The van der Waals surface area contributed by atoms with Gasteiger partial charge >= 0.3 is 5.97 Å². The number of carboxylic acids is 1. The number of hydrogen-bond donors (Lipinski definition) is 1. The van der Waals surface area contributed by atoms with E-state index in [1.165, 1.54) is 49.1 Å². The summed E-state index contributed by atoms with van der Waals surface area (Å²) in [4.78, 5) is 16.7. The van der Waals surface area contributed by atoms with Gasteiger partial charge in [-0.3, -0.25) is 0 Å². The van der Waals surface area contributed by atoms with Crippen LogP contribution in [0.2, 0.25) is 0 Å². The van der Waals surface area contributed by atoms with Crippen LogP contribution in [0.4, 0.5) is 0 Å². The highest BCUT2D eigenvalue weighted by Crippen LogP contribution is 2.44. The third kappa shape index (κ3) is 2.96. The third-order valence-corrected chi connectivity index (χ3v) is 7.53. The van der Waals surface area contributed by atoms with Crippen LogP contribution in [-0.4, -0.2) is 22.3 Å². The summed E-state index contributed by atoms with van der Waals surface area (Å²) in [6.45, 7) is 1.90. The zero-order valence-electron chi connectivity index (χ0n) is 12.7. The first-order valence-electron chi connectivity index (χ1n) is 7.48. The number of thioether (sulfide) groups is 1. The fraction of sp³-hybridized carbons (Fsp3) is 0.500. The normalized spacial score (nSPS) is 16.1. The van der Waals surface area contributed by atoms with E-state index < -0.39 is 5.97 Å². The smallest absolute Gasteiger partial charge is 0.346 e. The van der Waals surface area contributed by atoms with Gasteiger partial charge in [0.05, 0.1) is 9.90 Å². The van der Waals surface area contributed by atoms with Gasteiger partial charge in [0.25, 0.3) is 0 Å². The van der Waals surface area contributed by atoms with Crippen LogP contribution in [0, 0.1) is 6.92 Å². The molecule has 2 heterocycles. The second-order valence-corrected chi connectivity index (χ2v) is 8.59. The second-order valence-electron chi connectivity index (χ2n) is 5.64. The third-order valence-electron chi connectivity index (χ3n) is 4.25. The summed E-state index contributed by atoms with van der Waals surface area (Å²) >= 11 is 4.63. The first-order chi connectivity index (χ1) is 10.6. The molecule has 0 radical (unpaired) electrons. The number of thiazole rings is 1. The van der Waals surface area contributed by atoms with Crippen LogP contribution in [-0.2, 0) is 0 Å². The monoisotopic (exact) mass is 353 g/mol. The highest BCUT2D eigenvalue weighted by molar-refractivity contribution is 8.00. The lowest BCUT2D eigenvalue weighted by molar-refractivity contribution is 0.0701. The summed E-state index contributed by atoms with van der Waals surface area (Å²) in [7, 11) is 0. The minimum atomic E-state index is -0.840. The first-order valence-corrected chi connectivity index (χ1v) is 10.4. The van der Waals surface area contributed by atoms with Crippen LogP contribution in [0.1, 0.15) is 59.0 Å². The van der Waals surface area contributed by atoms with Gasteiger partial charge in [0.15, 0.2) is 0 Å². The highest BCUT2D eigenvalue weighted by Gasteiger charge is 2.24. The molecule has 3 nitrogen and oxygen atoms in total. The van der Waals surface area contributed by atoms with Crippen molar-refractivity contribution in [3.05, 3.63) is 21.5 Å². The largest absolute Gasteiger partial charge is 0.477 e. The zero-order valence-corrected chi connectivity index (χ0v) is 15.2. The number of carbonyl (C=O) groups is 1. The Bertz CT molecular complexity index is 684. The maximum absolute atomic E-state index is 11.4. The Kier molecular flexibility index (Phi) is 4.90. The quantitative estimate of drug-likeness (QED) is 0.722. The van der Waals surface area contributed by atoms with Crippen LogP contribution in [0.3, 0.4) is 0 Å². The lowest BCUT2D eigenvalue weighted by Gasteiger charge is -2.19. The van der Waals surface area contributed by atoms with E-state index in [4.69, 9.17) is 4.98 Å². The molecule has 0 aromatic carbocycles. The van der Waals surface area contributed by atoms with Crippen molar-refractivity contribution in [1.82, 2.24) is 4.98 Å². The van der Waals surface area contributed by atoms with Crippen molar-refractivity contribution in [2.75, 3.05) is 6.26 Å². The van der Waals surface area contributed by atoms with Gasteiger partial charge in [-0.2, -0.15) is 0 Å². The number of nitrogens with zero attached hydrogens (tertiary/aromatic N) is 1. The maximum atomic E-state index is 11.4. The van der Waals surface area contributed by atoms with Gasteiger partial charge in [-0.25, -0.2) is 9.78 Å². The molecule has 1 N–H and O–H groups in total. The van der Waals surface area contributed by atoms with Crippen LogP contribution >= 0.6 is 34.4 Å². The van der Waals surface area contributed by atoms with E-state index in [9.17, 15) is 9.90 Å². The SMILES string of the molecule is CSc1sc(C(=O)O)c(C)c1-c1nc(C2CCCCC2)cs1. The minimum absolute atomic E-state index is 0.439. The number of hydrogen-bond acceptors (Lipinski definition) is 5. The summed E-state index contributed by atoms with van der Waals surface area (Å²) < 4.78 is 1.06. The summed E-state index contributed by atoms with van der Waals surface area (Å²) in [5.41, 5.74) is 3.09. The van der Waals surface area contributed by atoms with Gasteiger partial charge in [-0.1, -0.05) is 19.3 Å². The van der Waals surface area contributed by atoms with Crippen LogP contribution in [0.25, 0.3) is 10.6 Å². The number of thiophene rings is 1. The van der Waals surface area contributed by atoms with E-state index >= 15 is 0 Å². The standard InChI is InChI=1S/C16H19NO2S3/c1-9-12(16(20-2)22-13(9)15(18)19)14-17-11(8-21-14)10-6-4-3-5-7-10/h8,10H,3-7H2,1-2H3,(H,18,19). The molecule has 0 spiro atoms. The Morgan fingerprint density at radius 1 is 1.36 bits per heavy atom. The van der Waals surface area contributed by atoms with E-state index in [-0.39, 0.29) is 0 Å². The Labute approximate surface area is 142 Å². The predicted octanol–water partition coefficient (Wildman–Crippen LogP) is 5.65. The topological polar surface area (TPSA) is 50.2 Å². The summed E-state index contributed by atoms with van der Waals surface area (Å²) in [6.07, 6.45) is 8.41. The fourth-order valence-electron chi connectivity index (χ4n) is 3.07. The number of aromatic nitrogens is 1. The highest BCUT2D eigenvalue weighted by atomic mass is 32.2. The molecule has 0 atom stereocenters. The van der Waals surface area contributed by atoms with Crippen molar-refractivity contribution in [2.45, 2.75) is 49.2 Å². The molecule has 0 amide bonds. The molecule has 1 aliphatic carbocycles. The van der Waals surface area contributed by atoms with Crippen molar-refractivity contribution in [1.29, 1.82) is 0 Å². The number of aromatic carboxylic acids is 1. The Balaban J connectivity index is 1.97. The molecule has 22 heavy (non-hydrogen) atoms. The van der Waals surface area contributed by atoms with Crippen LogP contribution < -0.4 is 0 Å². The molecule has 0 bridgehead atoms. The van der Waals surface area contributed by atoms with E-state index in [0.29, 0.717) is 10.8 Å². The number of carboxylic acid groups (broad SMARTS) is 1. The molecule has 118 valence electrons. The fourth-order valence-corrected chi connectivity index (χ4v) is 6.12. The lowest BCUT2D eigenvalue weighted by atomic mass is 9.87. The molecule has 1 saturated carbocycles. The minimum Gasteiger partial charge on any atom is -0.477 e. The van der Waals surface area contributed by atoms with Gasteiger partial charge in [0.1, 0.15) is 9.88 Å². The summed E-state index contributed by atoms with van der Waals surface area (Å²) in [5.74, 6) is -0.248. The van der Waals surface area contributed by atoms with Crippen molar-refractivity contribution in [3.8, 4) is 10.6 Å². The Morgan fingerprint density at radius 2 is 2.09 bits per heavy atom. The molecule has 0 saturated heterocycles. The Hall–Kier alpha value is -0.850. The van der Waals surface area contributed by atoms with Crippen LogP contribution in [0.15, 0.2) is 9.59 Å². The lowest BCUT2D eigenvalue weighted by Crippen LogP contribution is -2.04. The van der Waals surface area contributed by atoms with E-state index in [1.807, 2.05) is 13.2 Å². The maximum Gasteiger partial charge on any atom is 0.346 e. The zero-order chi connectivity index (χ0) is 15.7. The molecule has 1 aliphatic rings. The number of rotatable bonds is 4. The molecular formula is C16H19NO2S3. The predicted molar refractivity (Wildman–Crippen MR) is 94.7 cm³/mol. The second kappa shape index (κ2) is 6.72. The molecule has 1 fully saturated rings.